The monoisotopic (exact) mass is 253 g/mol. The average molecular weight is 254 g/mol. The molecule has 0 aromatic heterocycles. The lowest BCUT2D eigenvalue weighted by Crippen LogP contribution is -2.10. The summed E-state index contributed by atoms with van der Waals surface area (Å²) in [6.07, 6.45) is 3.53. The van der Waals surface area contributed by atoms with Crippen LogP contribution in [0.25, 0.3) is 0 Å². The second-order valence-corrected chi connectivity index (χ2v) is 4.70. The molecule has 94 valence electrons. The Hall–Kier alpha value is -0.860. The lowest BCUT2D eigenvalue weighted by molar-refractivity contribution is 0.0973. The van der Waals surface area contributed by atoms with Gasteiger partial charge in [-0.1, -0.05) is 37.1 Å². The zero-order valence-corrected chi connectivity index (χ0v) is 11.0. The van der Waals surface area contributed by atoms with E-state index in [1.807, 2.05) is 12.1 Å². The third kappa shape index (κ3) is 4.49. The highest BCUT2D eigenvalue weighted by atomic mass is 35.5. The highest BCUT2D eigenvalue weighted by molar-refractivity contribution is 6.33. The minimum absolute atomic E-state index is 0.131. The summed E-state index contributed by atoms with van der Waals surface area (Å²) in [5, 5.41) is 0.546. The van der Waals surface area contributed by atoms with E-state index in [2.05, 4.69) is 6.92 Å². The Labute approximate surface area is 108 Å². The van der Waals surface area contributed by atoms with Crippen molar-refractivity contribution in [1.82, 2.24) is 0 Å². The number of halogens is 1. The van der Waals surface area contributed by atoms with Crippen molar-refractivity contribution in [1.29, 1.82) is 0 Å². The molecule has 17 heavy (non-hydrogen) atoms. The minimum atomic E-state index is 0.131. The topological polar surface area (TPSA) is 43.1 Å². The van der Waals surface area contributed by atoms with Crippen molar-refractivity contribution >= 4 is 17.4 Å². The van der Waals surface area contributed by atoms with Crippen LogP contribution in [-0.2, 0) is 0 Å². The number of hydrogen-bond acceptors (Lipinski definition) is 2. The fraction of sp³-hybridized carbons (Fsp3) is 0.500. The molecule has 0 bridgehead atoms. The van der Waals surface area contributed by atoms with Crippen LogP contribution < -0.4 is 5.73 Å². The van der Waals surface area contributed by atoms with Gasteiger partial charge < -0.3 is 5.73 Å². The van der Waals surface area contributed by atoms with E-state index in [9.17, 15) is 4.79 Å². The Bertz CT molecular complexity index is 365. The Kier molecular flexibility index (Phi) is 6.23. The fourth-order valence-electron chi connectivity index (χ4n) is 1.95. The highest BCUT2D eigenvalue weighted by Crippen LogP contribution is 2.20. The van der Waals surface area contributed by atoms with Crippen LogP contribution in [0.3, 0.4) is 0 Å². The van der Waals surface area contributed by atoms with Crippen molar-refractivity contribution in [2.45, 2.75) is 32.6 Å². The summed E-state index contributed by atoms with van der Waals surface area (Å²) in [6.45, 7) is 2.83. The first-order chi connectivity index (χ1) is 8.19. The van der Waals surface area contributed by atoms with Gasteiger partial charge in [0, 0.05) is 12.0 Å². The minimum Gasteiger partial charge on any atom is -0.330 e. The van der Waals surface area contributed by atoms with Gasteiger partial charge in [0.25, 0.3) is 0 Å². The van der Waals surface area contributed by atoms with Crippen LogP contribution in [0, 0.1) is 5.92 Å². The fourth-order valence-corrected chi connectivity index (χ4v) is 2.19. The molecule has 1 rings (SSSR count). The van der Waals surface area contributed by atoms with E-state index in [0.717, 1.165) is 19.3 Å². The molecule has 0 radical (unpaired) electrons. The molecule has 1 aromatic carbocycles. The lowest BCUT2D eigenvalue weighted by Gasteiger charge is -2.12. The van der Waals surface area contributed by atoms with Gasteiger partial charge in [0.05, 0.1) is 5.02 Å². The SMILES string of the molecule is CCC(CCN)CCC(=O)c1ccccc1Cl. The van der Waals surface area contributed by atoms with E-state index in [-0.39, 0.29) is 5.78 Å². The third-order valence-electron chi connectivity index (χ3n) is 3.11. The smallest absolute Gasteiger partial charge is 0.164 e. The third-order valence-corrected chi connectivity index (χ3v) is 3.44. The molecule has 0 aliphatic carbocycles. The lowest BCUT2D eigenvalue weighted by atomic mass is 9.94. The molecule has 0 heterocycles. The Morgan fingerprint density at radius 3 is 2.65 bits per heavy atom. The Morgan fingerprint density at radius 1 is 1.35 bits per heavy atom. The highest BCUT2D eigenvalue weighted by Gasteiger charge is 2.12. The maximum Gasteiger partial charge on any atom is 0.164 e. The van der Waals surface area contributed by atoms with Gasteiger partial charge in [0.1, 0.15) is 0 Å². The zero-order valence-electron chi connectivity index (χ0n) is 10.3. The molecule has 2 N–H and O–H groups in total. The van der Waals surface area contributed by atoms with Gasteiger partial charge in [-0.15, -0.1) is 0 Å². The Balaban J connectivity index is 2.52. The van der Waals surface area contributed by atoms with E-state index in [1.165, 1.54) is 0 Å². The average Bonchev–Trinajstić information content (AvgIpc) is 2.34. The number of ketones is 1. The summed E-state index contributed by atoms with van der Waals surface area (Å²) in [7, 11) is 0. The summed E-state index contributed by atoms with van der Waals surface area (Å²) in [4.78, 5) is 12.0. The number of Topliss-reactive ketones (excluding diaryl/α,β-unsaturated/α-hetero) is 1. The van der Waals surface area contributed by atoms with Crippen LogP contribution >= 0.6 is 11.6 Å². The number of carbonyl (C=O) groups is 1. The van der Waals surface area contributed by atoms with Crippen molar-refractivity contribution < 1.29 is 4.79 Å². The van der Waals surface area contributed by atoms with Crippen LogP contribution in [-0.4, -0.2) is 12.3 Å². The summed E-state index contributed by atoms with van der Waals surface area (Å²) in [5.41, 5.74) is 6.18. The molecule has 0 aliphatic heterocycles. The van der Waals surface area contributed by atoms with Crippen molar-refractivity contribution in [2.75, 3.05) is 6.54 Å². The van der Waals surface area contributed by atoms with Gasteiger partial charge in [-0.05, 0) is 37.4 Å². The van der Waals surface area contributed by atoms with Gasteiger partial charge in [-0.25, -0.2) is 0 Å². The molecule has 1 unspecified atom stereocenters. The van der Waals surface area contributed by atoms with Crippen molar-refractivity contribution in [2.24, 2.45) is 11.7 Å². The second kappa shape index (κ2) is 7.46. The number of nitrogens with two attached hydrogens (primary N) is 1. The Morgan fingerprint density at radius 2 is 2.06 bits per heavy atom. The van der Waals surface area contributed by atoms with Gasteiger partial charge >= 0.3 is 0 Å². The van der Waals surface area contributed by atoms with E-state index in [1.54, 1.807) is 12.1 Å². The summed E-state index contributed by atoms with van der Waals surface area (Å²) >= 11 is 5.99. The van der Waals surface area contributed by atoms with Gasteiger partial charge in [0.2, 0.25) is 0 Å². The molecule has 0 aliphatic rings. The van der Waals surface area contributed by atoms with Crippen LogP contribution in [0.5, 0.6) is 0 Å². The predicted octanol–water partition coefficient (Wildman–Crippen LogP) is 3.68. The van der Waals surface area contributed by atoms with E-state index in [0.29, 0.717) is 29.5 Å². The molecular formula is C14H20ClNO. The number of benzene rings is 1. The number of hydrogen-bond donors (Lipinski definition) is 1. The normalized spacial score (nSPS) is 12.4. The molecule has 3 heteroatoms. The molecular weight excluding hydrogens is 234 g/mol. The van der Waals surface area contributed by atoms with E-state index < -0.39 is 0 Å². The number of carbonyl (C=O) groups excluding carboxylic acids is 1. The standard InChI is InChI=1S/C14H20ClNO/c1-2-11(9-10-16)7-8-14(17)12-5-3-4-6-13(12)15/h3-6,11H,2,7-10,16H2,1H3. The van der Waals surface area contributed by atoms with E-state index >= 15 is 0 Å². The first-order valence-electron chi connectivity index (χ1n) is 6.16. The van der Waals surface area contributed by atoms with E-state index in [4.69, 9.17) is 17.3 Å². The predicted molar refractivity (Wildman–Crippen MR) is 72.5 cm³/mol. The largest absolute Gasteiger partial charge is 0.330 e. The van der Waals surface area contributed by atoms with Crippen molar-refractivity contribution in [3.8, 4) is 0 Å². The van der Waals surface area contributed by atoms with Crippen molar-refractivity contribution in [3.63, 3.8) is 0 Å². The molecule has 0 fully saturated rings. The van der Waals surface area contributed by atoms with Crippen LogP contribution in [0.1, 0.15) is 43.0 Å². The van der Waals surface area contributed by atoms with Crippen LogP contribution in [0.4, 0.5) is 0 Å². The van der Waals surface area contributed by atoms with Crippen LogP contribution in [0.15, 0.2) is 24.3 Å². The molecule has 0 spiro atoms. The van der Waals surface area contributed by atoms with Gasteiger partial charge in [-0.3, -0.25) is 4.79 Å². The summed E-state index contributed by atoms with van der Waals surface area (Å²) < 4.78 is 0. The second-order valence-electron chi connectivity index (χ2n) is 4.29. The quantitative estimate of drug-likeness (QED) is 0.754. The maximum absolute atomic E-state index is 12.0. The molecule has 1 atom stereocenters. The van der Waals surface area contributed by atoms with Gasteiger partial charge in [-0.2, -0.15) is 0 Å². The molecule has 2 nitrogen and oxygen atoms in total. The molecule has 0 saturated carbocycles. The summed E-state index contributed by atoms with van der Waals surface area (Å²) in [6, 6.07) is 7.22. The summed E-state index contributed by atoms with van der Waals surface area (Å²) in [5.74, 6) is 0.678. The van der Waals surface area contributed by atoms with Gasteiger partial charge in [0.15, 0.2) is 5.78 Å². The van der Waals surface area contributed by atoms with Crippen LogP contribution in [0.2, 0.25) is 5.02 Å². The molecule has 0 amide bonds. The first kappa shape index (κ1) is 14.2. The molecule has 0 saturated heterocycles. The maximum atomic E-state index is 12.0. The number of rotatable bonds is 7. The first-order valence-corrected chi connectivity index (χ1v) is 6.54. The molecule has 1 aromatic rings. The zero-order chi connectivity index (χ0) is 12.7. The van der Waals surface area contributed by atoms with Crippen molar-refractivity contribution in [3.05, 3.63) is 34.9 Å².